The lowest BCUT2D eigenvalue weighted by Crippen LogP contribution is -2.39. The standard InChI is InChI=1S/C20H29N3O4/c24-18-4-2-1-3-9-22(18)11-6-19(25)23-10-5-17-16(14-23)21-20(27-17)15-7-12-26-13-8-15/h15H,1-14H2. The summed E-state index contributed by atoms with van der Waals surface area (Å²) in [5.41, 5.74) is 0.905. The summed E-state index contributed by atoms with van der Waals surface area (Å²) in [4.78, 5) is 33.2. The summed E-state index contributed by atoms with van der Waals surface area (Å²) in [6, 6.07) is 0. The van der Waals surface area contributed by atoms with Crippen molar-refractivity contribution in [2.24, 2.45) is 0 Å². The SMILES string of the molecule is O=C1CCCCCN1CCC(=O)N1CCc2oc(C3CCOCC3)nc2C1. The Kier molecular flexibility index (Phi) is 5.76. The van der Waals surface area contributed by atoms with Crippen LogP contribution in [0, 0.1) is 0 Å². The van der Waals surface area contributed by atoms with E-state index < -0.39 is 0 Å². The molecule has 0 unspecified atom stereocenters. The van der Waals surface area contributed by atoms with E-state index in [-0.39, 0.29) is 11.8 Å². The van der Waals surface area contributed by atoms with Crippen LogP contribution in [-0.4, -0.2) is 59.4 Å². The number of ether oxygens (including phenoxy) is 1. The van der Waals surface area contributed by atoms with Gasteiger partial charge in [-0.25, -0.2) is 4.98 Å². The topological polar surface area (TPSA) is 75.9 Å². The second kappa shape index (κ2) is 8.42. The highest BCUT2D eigenvalue weighted by molar-refractivity contribution is 5.79. The molecule has 0 N–H and O–H groups in total. The zero-order chi connectivity index (χ0) is 18.6. The molecule has 2 saturated heterocycles. The number of nitrogens with zero attached hydrogens (tertiary/aromatic N) is 3. The molecule has 148 valence electrons. The summed E-state index contributed by atoms with van der Waals surface area (Å²) in [7, 11) is 0. The monoisotopic (exact) mass is 375 g/mol. The van der Waals surface area contributed by atoms with Crippen LogP contribution in [0.3, 0.4) is 0 Å². The number of likely N-dealkylation sites (tertiary alicyclic amines) is 1. The molecule has 0 saturated carbocycles. The Morgan fingerprint density at radius 2 is 1.96 bits per heavy atom. The van der Waals surface area contributed by atoms with Crippen molar-refractivity contribution in [2.75, 3.05) is 32.8 Å². The highest BCUT2D eigenvalue weighted by Crippen LogP contribution is 2.30. The highest BCUT2D eigenvalue weighted by atomic mass is 16.5. The van der Waals surface area contributed by atoms with Crippen molar-refractivity contribution in [3.63, 3.8) is 0 Å². The molecule has 3 aliphatic heterocycles. The van der Waals surface area contributed by atoms with Crippen LogP contribution in [0.4, 0.5) is 0 Å². The summed E-state index contributed by atoms with van der Waals surface area (Å²) in [6.07, 6.45) is 6.76. The lowest BCUT2D eigenvalue weighted by molar-refractivity contribution is -0.134. The third-order valence-electron chi connectivity index (χ3n) is 5.93. The van der Waals surface area contributed by atoms with Gasteiger partial charge in [-0.2, -0.15) is 0 Å². The minimum Gasteiger partial charge on any atom is -0.445 e. The first-order valence-corrected chi connectivity index (χ1v) is 10.3. The molecule has 7 nitrogen and oxygen atoms in total. The van der Waals surface area contributed by atoms with Gasteiger partial charge in [-0.1, -0.05) is 6.42 Å². The smallest absolute Gasteiger partial charge is 0.224 e. The van der Waals surface area contributed by atoms with Gasteiger partial charge in [0.05, 0.1) is 6.54 Å². The number of carbonyl (C=O) groups excluding carboxylic acids is 2. The minimum atomic E-state index is 0.105. The zero-order valence-corrected chi connectivity index (χ0v) is 16.0. The number of hydrogen-bond donors (Lipinski definition) is 0. The molecule has 2 fully saturated rings. The summed E-state index contributed by atoms with van der Waals surface area (Å²) in [5, 5.41) is 0. The van der Waals surface area contributed by atoms with Crippen molar-refractivity contribution in [1.29, 1.82) is 0 Å². The molecule has 0 aromatic carbocycles. The fourth-order valence-corrected chi connectivity index (χ4v) is 4.21. The average molecular weight is 375 g/mol. The number of hydrogen-bond acceptors (Lipinski definition) is 5. The number of oxazole rings is 1. The summed E-state index contributed by atoms with van der Waals surface area (Å²) < 4.78 is 11.4. The van der Waals surface area contributed by atoms with Gasteiger partial charge in [-0.05, 0) is 25.7 Å². The van der Waals surface area contributed by atoms with E-state index in [2.05, 4.69) is 0 Å². The number of carbonyl (C=O) groups is 2. The molecule has 1 aromatic heterocycles. The van der Waals surface area contributed by atoms with Gasteiger partial charge in [0.1, 0.15) is 11.5 Å². The predicted octanol–water partition coefficient (Wildman–Crippen LogP) is 2.25. The van der Waals surface area contributed by atoms with E-state index in [4.69, 9.17) is 14.1 Å². The van der Waals surface area contributed by atoms with Gasteiger partial charge in [0.25, 0.3) is 0 Å². The van der Waals surface area contributed by atoms with E-state index in [0.29, 0.717) is 38.4 Å². The molecule has 0 spiro atoms. The molecular weight excluding hydrogens is 346 g/mol. The maximum Gasteiger partial charge on any atom is 0.224 e. The molecule has 0 atom stereocenters. The van der Waals surface area contributed by atoms with Gasteiger partial charge in [-0.15, -0.1) is 0 Å². The molecular formula is C20H29N3O4. The molecule has 2 amide bonds. The molecule has 0 radical (unpaired) electrons. The zero-order valence-electron chi connectivity index (χ0n) is 16.0. The minimum absolute atomic E-state index is 0.105. The molecule has 0 aliphatic carbocycles. The van der Waals surface area contributed by atoms with Gasteiger partial charge in [-0.3, -0.25) is 9.59 Å². The normalized spacial score (nSPS) is 21.9. The van der Waals surface area contributed by atoms with Crippen LogP contribution in [-0.2, 0) is 27.3 Å². The van der Waals surface area contributed by atoms with Crippen molar-refractivity contribution in [3.05, 3.63) is 17.3 Å². The number of rotatable bonds is 4. The molecule has 27 heavy (non-hydrogen) atoms. The van der Waals surface area contributed by atoms with Crippen molar-refractivity contribution in [3.8, 4) is 0 Å². The quantitative estimate of drug-likeness (QED) is 0.807. The van der Waals surface area contributed by atoms with Crippen LogP contribution in [0.1, 0.15) is 68.2 Å². The lowest BCUT2D eigenvalue weighted by atomic mass is 10.0. The van der Waals surface area contributed by atoms with Crippen molar-refractivity contribution < 1.29 is 18.7 Å². The van der Waals surface area contributed by atoms with E-state index >= 15 is 0 Å². The highest BCUT2D eigenvalue weighted by Gasteiger charge is 2.29. The largest absolute Gasteiger partial charge is 0.445 e. The molecule has 4 heterocycles. The Morgan fingerprint density at radius 1 is 1.11 bits per heavy atom. The molecule has 0 bridgehead atoms. The van der Waals surface area contributed by atoms with Crippen LogP contribution >= 0.6 is 0 Å². The Labute approximate surface area is 160 Å². The van der Waals surface area contributed by atoms with Crippen LogP contribution in [0.5, 0.6) is 0 Å². The van der Waals surface area contributed by atoms with E-state index in [1.807, 2.05) is 9.80 Å². The Morgan fingerprint density at radius 3 is 2.81 bits per heavy atom. The second-order valence-electron chi connectivity index (χ2n) is 7.82. The van der Waals surface area contributed by atoms with Crippen molar-refractivity contribution in [1.82, 2.24) is 14.8 Å². The third kappa shape index (κ3) is 4.34. The first-order chi connectivity index (χ1) is 13.2. The lowest BCUT2D eigenvalue weighted by Gasteiger charge is -2.27. The number of fused-ring (bicyclic) bond motifs is 1. The molecule has 4 rings (SSSR count). The summed E-state index contributed by atoms with van der Waals surface area (Å²) >= 11 is 0. The summed E-state index contributed by atoms with van der Waals surface area (Å²) in [5.74, 6) is 2.38. The molecule has 3 aliphatic rings. The second-order valence-corrected chi connectivity index (χ2v) is 7.82. The van der Waals surface area contributed by atoms with Gasteiger partial charge < -0.3 is 19.0 Å². The Hall–Kier alpha value is -1.89. The first kappa shape index (κ1) is 18.5. The first-order valence-electron chi connectivity index (χ1n) is 10.3. The Balaban J connectivity index is 1.32. The Bertz CT molecular complexity index is 681. The number of amides is 2. The number of aromatic nitrogens is 1. The molecule has 7 heteroatoms. The van der Waals surface area contributed by atoms with Crippen LogP contribution in [0.2, 0.25) is 0 Å². The van der Waals surface area contributed by atoms with Gasteiger partial charge in [0.2, 0.25) is 11.8 Å². The van der Waals surface area contributed by atoms with E-state index in [9.17, 15) is 9.59 Å². The van der Waals surface area contributed by atoms with Crippen LogP contribution in [0.15, 0.2) is 4.42 Å². The maximum absolute atomic E-state index is 12.7. The van der Waals surface area contributed by atoms with Gasteiger partial charge >= 0.3 is 0 Å². The van der Waals surface area contributed by atoms with Crippen molar-refractivity contribution in [2.45, 2.75) is 63.8 Å². The fourth-order valence-electron chi connectivity index (χ4n) is 4.21. The van der Waals surface area contributed by atoms with E-state index in [0.717, 1.165) is 75.6 Å². The van der Waals surface area contributed by atoms with E-state index in [1.54, 1.807) is 0 Å². The van der Waals surface area contributed by atoms with E-state index in [1.165, 1.54) is 0 Å². The maximum atomic E-state index is 12.7. The van der Waals surface area contributed by atoms with Gasteiger partial charge in [0.15, 0.2) is 5.89 Å². The van der Waals surface area contributed by atoms with Crippen LogP contribution in [0.25, 0.3) is 0 Å². The predicted molar refractivity (Wildman–Crippen MR) is 98.1 cm³/mol. The molecule has 1 aromatic rings. The summed E-state index contributed by atoms with van der Waals surface area (Å²) in [6.45, 7) is 4.04. The third-order valence-corrected chi connectivity index (χ3v) is 5.93. The van der Waals surface area contributed by atoms with Crippen LogP contribution < -0.4 is 0 Å². The average Bonchev–Trinajstić information content (AvgIpc) is 3.02. The van der Waals surface area contributed by atoms with Gasteiger partial charge in [0, 0.05) is 58.0 Å². The fraction of sp³-hybridized carbons (Fsp3) is 0.750. The van der Waals surface area contributed by atoms with Crippen molar-refractivity contribution >= 4 is 11.8 Å².